The molecule has 1 aromatic rings. The molecule has 1 saturated heterocycles. The number of morpholine rings is 1. The highest BCUT2D eigenvalue weighted by Gasteiger charge is 2.26. The zero-order valence-corrected chi connectivity index (χ0v) is 13.3. The molecule has 1 fully saturated rings. The van der Waals surface area contributed by atoms with E-state index in [1.165, 1.54) is 0 Å². The molecule has 21 heavy (non-hydrogen) atoms. The number of furan rings is 1. The molecular formula is C16H26N2O3. The minimum absolute atomic E-state index is 0.0505. The van der Waals surface area contributed by atoms with E-state index in [4.69, 9.17) is 9.15 Å². The summed E-state index contributed by atoms with van der Waals surface area (Å²) in [5, 5.41) is 3.12. The van der Waals surface area contributed by atoms with Gasteiger partial charge in [-0.3, -0.25) is 9.69 Å². The molecule has 1 N–H and O–H groups in total. The van der Waals surface area contributed by atoms with Crippen molar-refractivity contribution in [2.24, 2.45) is 0 Å². The third-order valence-corrected chi connectivity index (χ3v) is 3.64. The molecule has 5 nitrogen and oxygen atoms in total. The quantitative estimate of drug-likeness (QED) is 0.872. The number of hydrogen-bond donors (Lipinski definition) is 1. The average molecular weight is 294 g/mol. The number of carbonyl (C=O) groups excluding carboxylic acids is 1. The van der Waals surface area contributed by atoms with Gasteiger partial charge in [-0.15, -0.1) is 0 Å². The highest BCUT2D eigenvalue weighted by atomic mass is 16.5. The second kappa shape index (κ2) is 7.09. The lowest BCUT2D eigenvalue weighted by molar-refractivity contribution is 0.0269. The monoisotopic (exact) mass is 294 g/mol. The van der Waals surface area contributed by atoms with Gasteiger partial charge in [0.2, 0.25) is 0 Å². The van der Waals surface area contributed by atoms with Gasteiger partial charge in [0.25, 0.3) is 5.91 Å². The molecule has 0 saturated carbocycles. The molecule has 1 aromatic heterocycles. The Kier molecular flexibility index (Phi) is 5.42. The lowest BCUT2D eigenvalue weighted by Gasteiger charge is -2.35. The number of rotatable bonds is 6. The van der Waals surface area contributed by atoms with Crippen molar-refractivity contribution in [1.82, 2.24) is 10.2 Å². The summed E-state index contributed by atoms with van der Waals surface area (Å²) in [5.74, 6) is 0.725. The van der Waals surface area contributed by atoms with Gasteiger partial charge in [-0.2, -0.15) is 0 Å². The summed E-state index contributed by atoms with van der Waals surface area (Å²) in [6.07, 6.45) is 3.35. The van der Waals surface area contributed by atoms with Crippen LogP contribution in [0.15, 0.2) is 16.7 Å². The third kappa shape index (κ3) is 4.58. The predicted octanol–water partition coefficient (Wildman–Crippen LogP) is 2.07. The zero-order valence-electron chi connectivity index (χ0n) is 13.3. The van der Waals surface area contributed by atoms with E-state index in [2.05, 4.69) is 31.0 Å². The van der Waals surface area contributed by atoms with Crippen molar-refractivity contribution in [3.63, 3.8) is 0 Å². The lowest BCUT2D eigenvalue weighted by atomic mass is 10.0. The van der Waals surface area contributed by atoms with Crippen LogP contribution < -0.4 is 5.32 Å². The molecule has 1 aliphatic rings. The number of ether oxygens (including phenoxy) is 1. The molecule has 2 rings (SSSR count). The minimum Gasteiger partial charge on any atom is -0.469 e. The van der Waals surface area contributed by atoms with Crippen molar-refractivity contribution >= 4 is 5.91 Å². The first-order chi connectivity index (χ1) is 10.0. The molecule has 0 bridgehead atoms. The Labute approximate surface area is 126 Å². The maximum atomic E-state index is 12.4. The Morgan fingerprint density at radius 3 is 2.76 bits per heavy atom. The Balaban J connectivity index is 1.94. The predicted molar refractivity (Wildman–Crippen MR) is 81.5 cm³/mol. The van der Waals surface area contributed by atoms with Crippen LogP contribution in [-0.2, 0) is 11.2 Å². The summed E-state index contributed by atoms with van der Waals surface area (Å²) < 4.78 is 10.8. The van der Waals surface area contributed by atoms with Gasteiger partial charge in [-0.1, -0.05) is 6.92 Å². The standard InChI is InChI=1S/C16H26N2O3/c1-4-5-14-13(6-9-21-14)15(19)17-16(2,3)12-18-7-10-20-11-8-18/h6,9H,4-5,7-8,10-12H2,1-3H3,(H,17,19). The van der Waals surface area contributed by atoms with E-state index in [0.717, 1.165) is 51.4 Å². The van der Waals surface area contributed by atoms with Crippen molar-refractivity contribution < 1.29 is 13.9 Å². The van der Waals surface area contributed by atoms with E-state index in [1.807, 2.05) is 0 Å². The fourth-order valence-corrected chi connectivity index (χ4v) is 2.70. The molecule has 2 heterocycles. The van der Waals surface area contributed by atoms with Crippen LogP contribution in [0.3, 0.4) is 0 Å². The molecule has 5 heteroatoms. The third-order valence-electron chi connectivity index (χ3n) is 3.64. The van der Waals surface area contributed by atoms with Crippen LogP contribution in [0.2, 0.25) is 0 Å². The van der Waals surface area contributed by atoms with Crippen molar-refractivity contribution in [2.45, 2.75) is 39.2 Å². The van der Waals surface area contributed by atoms with Gasteiger partial charge in [0.1, 0.15) is 5.76 Å². The van der Waals surface area contributed by atoms with Gasteiger partial charge in [0.05, 0.1) is 25.0 Å². The number of nitrogens with one attached hydrogen (secondary N) is 1. The van der Waals surface area contributed by atoms with E-state index in [9.17, 15) is 4.79 Å². The van der Waals surface area contributed by atoms with Gasteiger partial charge in [-0.05, 0) is 26.3 Å². The van der Waals surface area contributed by atoms with Gasteiger partial charge >= 0.3 is 0 Å². The topological polar surface area (TPSA) is 54.7 Å². The normalized spacial score (nSPS) is 16.9. The van der Waals surface area contributed by atoms with Crippen molar-refractivity contribution in [2.75, 3.05) is 32.8 Å². The molecule has 0 aromatic carbocycles. The van der Waals surface area contributed by atoms with Crippen LogP contribution in [0.4, 0.5) is 0 Å². The van der Waals surface area contributed by atoms with Gasteiger partial charge in [-0.25, -0.2) is 0 Å². The van der Waals surface area contributed by atoms with Crippen LogP contribution in [0.1, 0.15) is 43.3 Å². The smallest absolute Gasteiger partial charge is 0.255 e. The maximum Gasteiger partial charge on any atom is 0.255 e. The van der Waals surface area contributed by atoms with Gasteiger partial charge in [0.15, 0.2) is 0 Å². The Hall–Kier alpha value is -1.33. The first kappa shape index (κ1) is 16.0. The van der Waals surface area contributed by atoms with E-state index < -0.39 is 0 Å². The number of hydrogen-bond acceptors (Lipinski definition) is 4. The first-order valence-corrected chi connectivity index (χ1v) is 7.71. The Morgan fingerprint density at radius 1 is 1.38 bits per heavy atom. The number of nitrogens with zero attached hydrogens (tertiary/aromatic N) is 1. The molecule has 118 valence electrons. The summed E-state index contributed by atoms with van der Waals surface area (Å²) >= 11 is 0. The van der Waals surface area contributed by atoms with Crippen molar-refractivity contribution in [3.8, 4) is 0 Å². The highest BCUT2D eigenvalue weighted by Crippen LogP contribution is 2.15. The largest absolute Gasteiger partial charge is 0.469 e. The fraction of sp³-hybridized carbons (Fsp3) is 0.688. The molecular weight excluding hydrogens is 268 g/mol. The SMILES string of the molecule is CCCc1occc1C(=O)NC(C)(C)CN1CCOCC1. The number of carbonyl (C=O) groups is 1. The van der Waals surface area contributed by atoms with E-state index in [0.29, 0.717) is 5.56 Å². The molecule has 0 radical (unpaired) electrons. The molecule has 0 spiro atoms. The van der Waals surface area contributed by atoms with E-state index >= 15 is 0 Å². The first-order valence-electron chi connectivity index (χ1n) is 7.71. The summed E-state index contributed by atoms with van der Waals surface area (Å²) in [6, 6.07) is 1.76. The van der Waals surface area contributed by atoms with Crippen molar-refractivity contribution in [1.29, 1.82) is 0 Å². The molecule has 1 aliphatic heterocycles. The summed E-state index contributed by atoms with van der Waals surface area (Å²) in [4.78, 5) is 14.8. The summed E-state index contributed by atoms with van der Waals surface area (Å²) in [7, 11) is 0. The fourth-order valence-electron chi connectivity index (χ4n) is 2.70. The van der Waals surface area contributed by atoms with Crippen LogP contribution in [0, 0.1) is 0 Å². The summed E-state index contributed by atoms with van der Waals surface area (Å²) in [6.45, 7) is 10.4. The van der Waals surface area contributed by atoms with Gasteiger partial charge < -0.3 is 14.5 Å². The highest BCUT2D eigenvalue weighted by molar-refractivity contribution is 5.95. The molecule has 1 amide bonds. The van der Waals surface area contributed by atoms with Gasteiger partial charge in [0, 0.05) is 31.6 Å². The molecule has 0 aliphatic carbocycles. The van der Waals surface area contributed by atoms with Crippen LogP contribution >= 0.6 is 0 Å². The minimum atomic E-state index is -0.283. The Morgan fingerprint density at radius 2 is 2.10 bits per heavy atom. The lowest BCUT2D eigenvalue weighted by Crippen LogP contribution is -2.53. The van der Waals surface area contributed by atoms with Crippen LogP contribution in [-0.4, -0.2) is 49.2 Å². The number of amides is 1. The van der Waals surface area contributed by atoms with E-state index in [1.54, 1.807) is 12.3 Å². The van der Waals surface area contributed by atoms with Crippen molar-refractivity contribution in [3.05, 3.63) is 23.7 Å². The zero-order chi connectivity index (χ0) is 15.3. The maximum absolute atomic E-state index is 12.4. The Bertz CT molecular complexity index is 462. The second-order valence-electron chi connectivity index (χ2n) is 6.23. The number of aryl methyl sites for hydroxylation is 1. The average Bonchev–Trinajstić information content (AvgIpc) is 2.87. The van der Waals surface area contributed by atoms with Crippen LogP contribution in [0.25, 0.3) is 0 Å². The molecule has 0 atom stereocenters. The molecule has 0 unspecified atom stereocenters. The van der Waals surface area contributed by atoms with Crippen LogP contribution in [0.5, 0.6) is 0 Å². The summed E-state index contributed by atoms with van der Waals surface area (Å²) in [5.41, 5.74) is 0.377. The second-order valence-corrected chi connectivity index (χ2v) is 6.23. The van der Waals surface area contributed by atoms with E-state index in [-0.39, 0.29) is 11.4 Å².